The maximum absolute atomic E-state index is 13.5. The van der Waals surface area contributed by atoms with Gasteiger partial charge in [0, 0.05) is 33.3 Å². The van der Waals surface area contributed by atoms with Crippen molar-refractivity contribution in [2.24, 2.45) is 7.05 Å². The first-order valence-corrected chi connectivity index (χ1v) is 7.47. The van der Waals surface area contributed by atoms with Crippen LogP contribution in [0, 0.1) is 5.82 Å². The molecule has 3 aromatic rings. The van der Waals surface area contributed by atoms with Crippen molar-refractivity contribution in [1.82, 2.24) is 4.57 Å². The molecule has 106 valence electrons. The molecule has 0 atom stereocenters. The van der Waals surface area contributed by atoms with Gasteiger partial charge in [0.15, 0.2) is 0 Å². The van der Waals surface area contributed by atoms with Crippen molar-refractivity contribution in [1.29, 1.82) is 0 Å². The summed E-state index contributed by atoms with van der Waals surface area (Å²) in [6, 6.07) is 13.3. The monoisotopic (exact) mass is 319 g/mol. The lowest BCUT2D eigenvalue weighted by Gasteiger charge is -2.10. The quantitative estimate of drug-likeness (QED) is 0.694. The van der Waals surface area contributed by atoms with Crippen molar-refractivity contribution in [3.63, 3.8) is 0 Å². The molecule has 0 amide bonds. The molecule has 3 rings (SSSR count). The molecule has 0 spiro atoms. The van der Waals surface area contributed by atoms with Gasteiger partial charge in [0.2, 0.25) is 0 Å². The molecule has 0 aliphatic carbocycles. The fraction of sp³-hybridized carbons (Fsp3) is 0.0625. The Kier molecular flexibility index (Phi) is 3.74. The third-order valence-corrected chi connectivity index (χ3v) is 4.53. The minimum atomic E-state index is -0.320. The summed E-state index contributed by atoms with van der Waals surface area (Å²) in [7, 11) is 1.68. The molecule has 0 unspecified atom stereocenters. The molecule has 2 aromatic carbocycles. The summed E-state index contributed by atoms with van der Waals surface area (Å²) in [5.41, 5.74) is 0.589. The standard InChI is InChI=1S/C16H11ClFNOS/c1-19-14-7-4-11(18)8-13(14)15(9-16(19)20)21-12-5-2-10(17)3-6-12/h2-9H,1H3. The lowest BCUT2D eigenvalue weighted by Crippen LogP contribution is -2.16. The van der Waals surface area contributed by atoms with Gasteiger partial charge in [-0.25, -0.2) is 4.39 Å². The first-order valence-electron chi connectivity index (χ1n) is 6.27. The van der Waals surface area contributed by atoms with E-state index in [-0.39, 0.29) is 11.4 Å². The number of halogens is 2. The molecule has 5 heteroatoms. The Bertz CT molecular complexity index is 874. The predicted molar refractivity (Wildman–Crippen MR) is 84.7 cm³/mol. The molecular formula is C16H11ClFNOS. The zero-order chi connectivity index (χ0) is 15.0. The zero-order valence-corrected chi connectivity index (χ0v) is 12.7. The Morgan fingerprint density at radius 3 is 2.52 bits per heavy atom. The second-order valence-corrected chi connectivity index (χ2v) is 6.18. The summed E-state index contributed by atoms with van der Waals surface area (Å²) in [5, 5.41) is 1.37. The van der Waals surface area contributed by atoms with Gasteiger partial charge in [-0.2, -0.15) is 0 Å². The molecule has 21 heavy (non-hydrogen) atoms. The second-order valence-electron chi connectivity index (χ2n) is 4.62. The summed E-state index contributed by atoms with van der Waals surface area (Å²) in [6.07, 6.45) is 0. The van der Waals surface area contributed by atoms with E-state index in [1.165, 1.54) is 34.5 Å². The predicted octanol–water partition coefficient (Wildman–Crippen LogP) is 4.48. The van der Waals surface area contributed by atoms with E-state index in [1.807, 2.05) is 12.1 Å². The third kappa shape index (κ3) is 2.82. The SMILES string of the molecule is Cn1c(=O)cc(Sc2ccc(Cl)cc2)c2cc(F)ccc21. The molecular weight excluding hydrogens is 309 g/mol. The Labute approximate surface area is 130 Å². The van der Waals surface area contributed by atoms with Gasteiger partial charge in [-0.1, -0.05) is 23.4 Å². The molecule has 1 heterocycles. The average molecular weight is 320 g/mol. The number of aryl methyl sites for hydroxylation is 1. The largest absolute Gasteiger partial charge is 0.311 e. The van der Waals surface area contributed by atoms with Crippen LogP contribution >= 0.6 is 23.4 Å². The van der Waals surface area contributed by atoms with Crippen LogP contribution in [-0.4, -0.2) is 4.57 Å². The molecule has 2 nitrogen and oxygen atoms in total. The highest BCUT2D eigenvalue weighted by Gasteiger charge is 2.09. The Morgan fingerprint density at radius 2 is 1.81 bits per heavy atom. The van der Waals surface area contributed by atoms with Gasteiger partial charge < -0.3 is 4.57 Å². The molecule has 0 saturated carbocycles. The number of fused-ring (bicyclic) bond motifs is 1. The molecule has 0 N–H and O–H groups in total. The number of hydrogen-bond donors (Lipinski definition) is 0. The van der Waals surface area contributed by atoms with E-state index in [9.17, 15) is 9.18 Å². The summed E-state index contributed by atoms with van der Waals surface area (Å²) >= 11 is 7.28. The lowest BCUT2D eigenvalue weighted by atomic mass is 10.2. The third-order valence-electron chi connectivity index (χ3n) is 3.21. The number of pyridine rings is 1. The van der Waals surface area contributed by atoms with Crippen LogP contribution in [0.4, 0.5) is 4.39 Å². The van der Waals surface area contributed by atoms with Crippen LogP contribution < -0.4 is 5.56 Å². The number of nitrogens with zero attached hydrogens (tertiary/aromatic N) is 1. The summed E-state index contributed by atoms with van der Waals surface area (Å²) in [4.78, 5) is 13.7. The number of hydrogen-bond acceptors (Lipinski definition) is 2. The van der Waals surface area contributed by atoms with Crippen molar-refractivity contribution >= 4 is 34.3 Å². The van der Waals surface area contributed by atoms with Gasteiger partial charge in [-0.3, -0.25) is 4.79 Å². The van der Waals surface area contributed by atoms with E-state index in [2.05, 4.69) is 0 Å². The van der Waals surface area contributed by atoms with E-state index < -0.39 is 0 Å². The fourth-order valence-corrected chi connectivity index (χ4v) is 3.20. The maximum Gasteiger partial charge on any atom is 0.251 e. The van der Waals surface area contributed by atoms with Crippen LogP contribution in [0.2, 0.25) is 5.02 Å². The van der Waals surface area contributed by atoms with Gasteiger partial charge in [-0.15, -0.1) is 0 Å². The van der Waals surface area contributed by atoms with Crippen molar-refractivity contribution in [3.8, 4) is 0 Å². The van der Waals surface area contributed by atoms with Gasteiger partial charge >= 0.3 is 0 Å². The first-order chi connectivity index (χ1) is 10.0. The van der Waals surface area contributed by atoms with Crippen LogP contribution in [0.5, 0.6) is 0 Å². The number of aromatic nitrogens is 1. The Morgan fingerprint density at radius 1 is 1.10 bits per heavy atom. The van der Waals surface area contributed by atoms with Crippen LogP contribution in [0.1, 0.15) is 0 Å². The Balaban J connectivity index is 2.17. The van der Waals surface area contributed by atoms with Gasteiger partial charge in [-0.05, 0) is 42.5 Å². The fourth-order valence-electron chi connectivity index (χ4n) is 2.12. The van der Waals surface area contributed by atoms with E-state index in [4.69, 9.17) is 11.6 Å². The van der Waals surface area contributed by atoms with E-state index in [1.54, 1.807) is 25.2 Å². The molecule has 0 saturated heterocycles. The molecule has 0 aliphatic heterocycles. The molecule has 1 aromatic heterocycles. The van der Waals surface area contributed by atoms with Crippen LogP contribution in [-0.2, 0) is 7.05 Å². The van der Waals surface area contributed by atoms with Crippen molar-refractivity contribution in [3.05, 3.63) is 69.7 Å². The topological polar surface area (TPSA) is 22.0 Å². The average Bonchev–Trinajstić information content (AvgIpc) is 2.47. The molecule has 0 fully saturated rings. The zero-order valence-electron chi connectivity index (χ0n) is 11.1. The molecule has 0 radical (unpaired) electrons. The number of benzene rings is 2. The maximum atomic E-state index is 13.5. The summed E-state index contributed by atoms with van der Waals surface area (Å²) in [5.74, 6) is -0.320. The van der Waals surface area contributed by atoms with Crippen molar-refractivity contribution in [2.45, 2.75) is 9.79 Å². The first kappa shape index (κ1) is 14.2. The van der Waals surface area contributed by atoms with Gasteiger partial charge in [0.25, 0.3) is 5.56 Å². The highest BCUT2D eigenvalue weighted by atomic mass is 35.5. The number of rotatable bonds is 2. The highest BCUT2D eigenvalue weighted by Crippen LogP contribution is 2.33. The lowest BCUT2D eigenvalue weighted by molar-refractivity contribution is 0.629. The van der Waals surface area contributed by atoms with Gasteiger partial charge in [0.05, 0.1) is 5.52 Å². The Hall–Kier alpha value is -1.78. The second kappa shape index (κ2) is 5.54. The summed E-state index contributed by atoms with van der Waals surface area (Å²) in [6.45, 7) is 0. The smallest absolute Gasteiger partial charge is 0.251 e. The van der Waals surface area contributed by atoms with Crippen LogP contribution in [0.3, 0.4) is 0 Å². The highest BCUT2D eigenvalue weighted by molar-refractivity contribution is 7.99. The van der Waals surface area contributed by atoms with Crippen molar-refractivity contribution in [2.75, 3.05) is 0 Å². The van der Waals surface area contributed by atoms with E-state index in [0.29, 0.717) is 10.5 Å². The summed E-state index contributed by atoms with van der Waals surface area (Å²) < 4.78 is 15.0. The van der Waals surface area contributed by atoms with Crippen LogP contribution in [0.25, 0.3) is 10.9 Å². The van der Waals surface area contributed by atoms with Gasteiger partial charge in [0.1, 0.15) is 5.82 Å². The molecule has 0 bridgehead atoms. The van der Waals surface area contributed by atoms with Crippen molar-refractivity contribution < 1.29 is 4.39 Å². The van der Waals surface area contributed by atoms with E-state index in [0.717, 1.165) is 15.2 Å². The minimum absolute atomic E-state index is 0.120. The minimum Gasteiger partial charge on any atom is -0.311 e. The van der Waals surface area contributed by atoms with E-state index >= 15 is 0 Å². The normalized spacial score (nSPS) is 11.0. The molecule has 0 aliphatic rings. The van der Waals surface area contributed by atoms with Crippen LogP contribution in [0.15, 0.2) is 63.1 Å².